The molecule has 1 aromatic carbocycles. The van der Waals surface area contributed by atoms with Crippen LogP contribution in [0.15, 0.2) is 39.7 Å². The maximum Gasteiger partial charge on any atom is 0.270 e. The summed E-state index contributed by atoms with van der Waals surface area (Å²) in [6.07, 6.45) is 1.33. The first-order valence-electron chi connectivity index (χ1n) is 4.91. The van der Waals surface area contributed by atoms with Gasteiger partial charge in [-0.3, -0.25) is 15.2 Å². The summed E-state index contributed by atoms with van der Waals surface area (Å²) in [4.78, 5) is 14.6. The van der Waals surface area contributed by atoms with Crippen molar-refractivity contribution in [3.8, 4) is 0 Å². The Morgan fingerprint density at radius 1 is 1.58 bits per heavy atom. The fourth-order valence-electron chi connectivity index (χ4n) is 1.32. The third-order valence-electron chi connectivity index (χ3n) is 2.16. The van der Waals surface area contributed by atoms with Gasteiger partial charge in [-0.05, 0) is 17.8 Å². The molecule has 1 heterocycles. The molecule has 19 heavy (non-hydrogen) atoms. The number of amidine groups is 1. The molecular weight excluding hydrogens is 272 g/mol. The van der Waals surface area contributed by atoms with E-state index in [9.17, 15) is 10.1 Å². The molecule has 9 nitrogen and oxygen atoms in total. The predicted octanol–water partition coefficient (Wildman–Crippen LogP) is 0.959. The number of benzene rings is 1. The van der Waals surface area contributed by atoms with E-state index in [0.29, 0.717) is 10.1 Å². The van der Waals surface area contributed by atoms with Gasteiger partial charge in [-0.25, -0.2) is 4.98 Å². The lowest BCUT2D eigenvalue weighted by atomic mass is 10.2. The summed E-state index contributed by atoms with van der Waals surface area (Å²) >= 11 is 1.16. The highest BCUT2D eigenvalue weighted by Gasteiger charge is 2.15. The number of aromatic nitrogens is 3. The van der Waals surface area contributed by atoms with Gasteiger partial charge in [0, 0.05) is 22.6 Å². The third kappa shape index (κ3) is 2.80. The van der Waals surface area contributed by atoms with Crippen LogP contribution in [0.1, 0.15) is 5.56 Å². The van der Waals surface area contributed by atoms with Gasteiger partial charge in [0.15, 0.2) is 11.0 Å². The number of rotatable bonds is 4. The molecule has 0 atom stereocenters. The van der Waals surface area contributed by atoms with Crippen LogP contribution in [0.5, 0.6) is 0 Å². The highest BCUT2D eigenvalue weighted by Crippen LogP contribution is 2.30. The fraction of sp³-hybridized carbons (Fsp3) is 0. The molecule has 0 aliphatic rings. The molecule has 0 bridgehead atoms. The SMILES string of the molecule is NC(=NO)c1cc([N+](=O)[O-])ccc1Sc1ncn[nH]1. The number of non-ortho nitro benzene ring substituents is 1. The number of nitro benzene ring substituents is 1. The van der Waals surface area contributed by atoms with Crippen LogP contribution in [0.4, 0.5) is 5.69 Å². The molecule has 0 aliphatic heterocycles. The second kappa shape index (κ2) is 5.35. The minimum Gasteiger partial charge on any atom is -0.409 e. The standard InChI is InChI=1S/C9H8N6O3S/c10-8(14-16)6-3-5(15(17)18)1-2-7(6)19-9-11-4-12-13-9/h1-4,16H,(H2,10,14)(H,11,12,13). The van der Waals surface area contributed by atoms with Crippen LogP contribution in [-0.4, -0.2) is 31.1 Å². The molecule has 0 amide bonds. The van der Waals surface area contributed by atoms with Crippen molar-refractivity contribution in [2.75, 3.05) is 0 Å². The van der Waals surface area contributed by atoms with Crippen LogP contribution < -0.4 is 5.73 Å². The molecule has 98 valence electrons. The van der Waals surface area contributed by atoms with Crippen molar-refractivity contribution >= 4 is 23.3 Å². The molecule has 1 aromatic heterocycles. The van der Waals surface area contributed by atoms with Crippen molar-refractivity contribution in [3.05, 3.63) is 40.2 Å². The number of nitrogens with zero attached hydrogens (tertiary/aromatic N) is 4. The number of hydrogen-bond donors (Lipinski definition) is 3. The number of nitrogens with one attached hydrogen (secondary N) is 1. The molecule has 0 saturated carbocycles. The van der Waals surface area contributed by atoms with Crippen LogP contribution in [-0.2, 0) is 0 Å². The molecule has 2 rings (SSSR count). The molecule has 0 aliphatic carbocycles. The van der Waals surface area contributed by atoms with Crippen LogP contribution in [0, 0.1) is 10.1 Å². The number of H-pyrrole nitrogens is 1. The maximum absolute atomic E-state index is 10.7. The van der Waals surface area contributed by atoms with E-state index in [-0.39, 0.29) is 17.1 Å². The first kappa shape index (κ1) is 12.8. The van der Waals surface area contributed by atoms with Gasteiger partial charge in [0.25, 0.3) is 5.69 Å². The Morgan fingerprint density at radius 3 is 2.95 bits per heavy atom. The Labute approximate surface area is 110 Å². The summed E-state index contributed by atoms with van der Waals surface area (Å²) in [5.74, 6) is -0.217. The van der Waals surface area contributed by atoms with Gasteiger partial charge < -0.3 is 10.9 Å². The number of nitro groups is 1. The smallest absolute Gasteiger partial charge is 0.270 e. The van der Waals surface area contributed by atoms with Crippen LogP contribution in [0.25, 0.3) is 0 Å². The summed E-state index contributed by atoms with van der Waals surface area (Å²) in [5, 5.41) is 29.1. The number of hydrogen-bond acceptors (Lipinski definition) is 7. The van der Waals surface area contributed by atoms with Crippen molar-refractivity contribution < 1.29 is 10.1 Å². The van der Waals surface area contributed by atoms with Gasteiger partial charge in [0.2, 0.25) is 0 Å². The first-order chi connectivity index (χ1) is 9.11. The first-order valence-corrected chi connectivity index (χ1v) is 5.73. The minimum absolute atomic E-state index is 0.150. The van der Waals surface area contributed by atoms with Gasteiger partial charge in [-0.1, -0.05) is 5.16 Å². The topological polar surface area (TPSA) is 143 Å². The van der Waals surface area contributed by atoms with Crippen molar-refractivity contribution in [1.29, 1.82) is 0 Å². The second-order valence-corrected chi connectivity index (χ2v) is 4.35. The lowest BCUT2D eigenvalue weighted by Gasteiger charge is -2.05. The predicted molar refractivity (Wildman–Crippen MR) is 66.1 cm³/mol. The van der Waals surface area contributed by atoms with Gasteiger partial charge in [-0.15, -0.1) is 0 Å². The summed E-state index contributed by atoms with van der Waals surface area (Å²) in [6.45, 7) is 0. The summed E-state index contributed by atoms with van der Waals surface area (Å²) in [6, 6.07) is 4.05. The number of aromatic amines is 1. The molecule has 10 heteroatoms. The van der Waals surface area contributed by atoms with Gasteiger partial charge in [0.05, 0.1) is 4.92 Å². The monoisotopic (exact) mass is 280 g/mol. The molecule has 0 radical (unpaired) electrons. The quantitative estimate of drug-likeness (QED) is 0.249. The Kier molecular flexibility index (Phi) is 3.61. The average Bonchev–Trinajstić information content (AvgIpc) is 2.91. The van der Waals surface area contributed by atoms with Crippen molar-refractivity contribution in [2.24, 2.45) is 10.9 Å². The van der Waals surface area contributed by atoms with E-state index in [4.69, 9.17) is 10.9 Å². The normalized spacial score (nSPS) is 11.5. The van der Waals surface area contributed by atoms with Crippen LogP contribution in [0.2, 0.25) is 0 Å². The van der Waals surface area contributed by atoms with E-state index in [2.05, 4.69) is 20.3 Å². The molecule has 0 saturated heterocycles. The summed E-state index contributed by atoms with van der Waals surface area (Å²) in [5.41, 5.74) is 5.61. The second-order valence-electron chi connectivity index (χ2n) is 3.32. The Morgan fingerprint density at radius 2 is 2.37 bits per heavy atom. The van der Waals surface area contributed by atoms with E-state index in [1.165, 1.54) is 24.5 Å². The minimum atomic E-state index is -0.558. The van der Waals surface area contributed by atoms with Gasteiger partial charge in [-0.2, -0.15) is 5.10 Å². The lowest BCUT2D eigenvalue weighted by Crippen LogP contribution is -2.14. The molecule has 4 N–H and O–H groups in total. The van der Waals surface area contributed by atoms with E-state index in [1.807, 2.05) is 0 Å². The molecule has 0 spiro atoms. The van der Waals surface area contributed by atoms with Gasteiger partial charge in [0.1, 0.15) is 6.33 Å². The number of oxime groups is 1. The summed E-state index contributed by atoms with van der Waals surface area (Å²) in [7, 11) is 0. The zero-order valence-corrected chi connectivity index (χ0v) is 10.2. The van der Waals surface area contributed by atoms with E-state index >= 15 is 0 Å². The highest BCUT2D eigenvalue weighted by molar-refractivity contribution is 7.99. The zero-order valence-electron chi connectivity index (χ0n) is 9.35. The van der Waals surface area contributed by atoms with Crippen LogP contribution in [0.3, 0.4) is 0 Å². The van der Waals surface area contributed by atoms with E-state index < -0.39 is 4.92 Å². The van der Waals surface area contributed by atoms with Crippen molar-refractivity contribution in [1.82, 2.24) is 15.2 Å². The molecule has 0 unspecified atom stereocenters. The number of nitrogens with two attached hydrogens (primary N) is 1. The van der Waals surface area contributed by atoms with Crippen molar-refractivity contribution in [3.63, 3.8) is 0 Å². The summed E-state index contributed by atoms with van der Waals surface area (Å²) < 4.78 is 0. The van der Waals surface area contributed by atoms with Crippen LogP contribution >= 0.6 is 11.8 Å². The zero-order chi connectivity index (χ0) is 13.8. The average molecular weight is 280 g/mol. The third-order valence-corrected chi connectivity index (χ3v) is 3.12. The maximum atomic E-state index is 10.7. The Bertz CT molecular complexity index is 627. The Balaban J connectivity index is 2.44. The lowest BCUT2D eigenvalue weighted by molar-refractivity contribution is -0.384. The molecule has 0 fully saturated rings. The fourth-order valence-corrected chi connectivity index (χ4v) is 2.14. The highest BCUT2D eigenvalue weighted by atomic mass is 32.2. The van der Waals surface area contributed by atoms with E-state index in [0.717, 1.165) is 11.8 Å². The van der Waals surface area contributed by atoms with E-state index in [1.54, 1.807) is 0 Å². The van der Waals surface area contributed by atoms with Crippen molar-refractivity contribution in [2.45, 2.75) is 10.1 Å². The Hall–Kier alpha value is -2.62. The largest absolute Gasteiger partial charge is 0.409 e. The molecule has 2 aromatic rings. The van der Waals surface area contributed by atoms with Gasteiger partial charge >= 0.3 is 0 Å². The molecular formula is C9H8N6O3S.